The molecule has 4 nitrogen and oxygen atoms in total. The molecule has 0 amide bonds. The average molecular weight is 298 g/mol. The highest BCUT2D eigenvalue weighted by Crippen LogP contribution is 2.25. The van der Waals surface area contributed by atoms with Crippen molar-refractivity contribution >= 4 is 9.84 Å². The van der Waals surface area contributed by atoms with E-state index >= 15 is 0 Å². The molecule has 0 N–H and O–H groups in total. The molecule has 1 aromatic carbocycles. The summed E-state index contributed by atoms with van der Waals surface area (Å²) in [5.41, 5.74) is 0. The number of hydrogen-bond donors (Lipinski definition) is 0. The summed E-state index contributed by atoms with van der Waals surface area (Å²) in [7, 11) is -1.33. The first-order valence-corrected chi connectivity index (χ1v) is 8.82. The molecule has 112 valence electrons. The van der Waals surface area contributed by atoms with Crippen LogP contribution in [0.5, 0.6) is 11.5 Å². The van der Waals surface area contributed by atoms with E-state index in [1.807, 2.05) is 18.2 Å². The van der Waals surface area contributed by atoms with E-state index in [1.54, 1.807) is 13.2 Å². The summed E-state index contributed by atoms with van der Waals surface area (Å²) in [4.78, 5) is 0. The van der Waals surface area contributed by atoms with Crippen molar-refractivity contribution in [1.29, 1.82) is 0 Å². The highest BCUT2D eigenvalue weighted by Gasteiger charge is 2.27. The summed E-state index contributed by atoms with van der Waals surface area (Å²) in [5, 5.41) is -0.112. The summed E-state index contributed by atoms with van der Waals surface area (Å²) in [6.45, 7) is 0.416. The summed E-state index contributed by atoms with van der Waals surface area (Å²) < 4.78 is 34.8. The fraction of sp³-hybridized carbons (Fsp3) is 0.600. The molecule has 0 saturated heterocycles. The van der Waals surface area contributed by atoms with Crippen LogP contribution in [0.25, 0.3) is 0 Å². The molecule has 0 atom stereocenters. The van der Waals surface area contributed by atoms with E-state index in [9.17, 15) is 8.42 Å². The maximum atomic E-state index is 12.1. The van der Waals surface area contributed by atoms with Crippen LogP contribution in [0.4, 0.5) is 0 Å². The summed E-state index contributed by atoms with van der Waals surface area (Å²) in [6.07, 6.45) is 4.29. The van der Waals surface area contributed by atoms with E-state index in [1.165, 1.54) is 0 Å². The maximum absolute atomic E-state index is 12.1. The van der Waals surface area contributed by atoms with Crippen LogP contribution in [-0.2, 0) is 9.84 Å². The van der Waals surface area contributed by atoms with Gasteiger partial charge in [0.25, 0.3) is 0 Å². The van der Waals surface area contributed by atoms with Crippen molar-refractivity contribution in [2.24, 2.45) is 0 Å². The van der Waals surface area contributed by atoms with Crippen molar-refractivity contribution in [3.05, 3.63) is 24.3 Å². The Kier molecular flexibility index (Phi) is 5.29. The second-order valence-corrected chi connectivity index (χ2v) is 7.56. The van der Waals surface area contributed by atoms with Crippen LogP contribution in [0.15, 0.2) is 24.3 Å². The highest BCUT2D eigenvalue weighted by molar-refractivity contribution is 7.92. The average Bonchev–Trinajstić information content (AvgIpc) is 2.99. The Morgan fingerprint density at radius 2 is 1.90 bits per heavy atom. The molecule has 20 heavy (non-hydrogen) atoms. The third-order valence-corrected chi connectivity index (χ3v) is 6.04. The minimum atomic E-state index is -2.93. The van der Waals surface area contributed by atoms with Gasteiger partial charge in [-0.1, -0.05) is 18.9 Å². The number of methoxy groups -OCH3 is 1. The topological polar surface area (TPSA) is 52.6 Å². The lowest BCUT2D eigenvalue weighted by Gasteiger charge is -2.11. The molecule has 2 rings (SSSR count). The van der Waals surface area contributed by atoms with Gasteiger partial charge in [-0.3, -0.25) is 0 Å². The van der Waals surface area contributed by atoms with Crippen molar-refractivity contribution in [1.82, 2.24) is 0 Å². The van der Waals surface area contributed by atoms with Crippen molar-refractivity contribution in [2.45, 2.75) is 37.4 Å². The van der Waals surface area contributed by atoms with Crippen molar-refractivity contribution in [3.8, 4) is 11.5 Å². The lowest BCUT2D eigenvalue weighted by atomic mass is 10.3. The molecule has 0 heterocycles. The Hall–Kier alpha value is -1.23. The van der Waals surface area contributed by atoms with Crippen LogP contribution >= 0.6 is 0 Å². The lowest BCUT2D eigenvalue weighted by Crippen LogP contribution is -2.22. The number of ether oxygens (including phenoxy) is 2. The molecule has 0 bridgehead atoms. The minimum Gasteiger partial charge on any atom is -0.497 e. The van der Waals surface area contributed by atoms with E-state index < -0.39 is 9.84 Å². The number of rotatable bonds is 7. The molecule has 0 spiro atoms. The van der Waals surface area contributed by atoms with E-state index in [0.29, 0.717) is 18.8 Å². The van der Waals surface area contributed by atoms with Gasteiger partial charge < -0.3 is 9.47 Å². The molecule has 5 heteroatoms. The van der Waals surface area contributed by atoms with Gasteiger partial charge in [-0.25, -0.2) is 8.42 Å². The maximum Gasteiger partial charge on any atom is 0.153 e. The van der Waals surface area contributed by atoms with Crippen LogP contribution in [-0.4, -0.2) is 33.1 Å². The Labute approximate surface area is 121 Å². The van der Waals surface area contributed by atoms with E-state index in [0.717, 1.165) is 31.4 Å². The van der Waals surface area contributed by atoms with Crippen LogP contribution < -0.4 is 9.47 Å². The highest BCUT2D eigenvalue weighted by atomic mass is 32.2. The summed E-state index contributed by atoms with van der Waals surface area (Å²) in [5.74, 6) is 1.67. The van der Waals surface area contributed by atoms with Gasteiger partial charge in [0.2, 0.25) is 0 Å². The van der Waals surface area contributed by atoms with Gasteiger partial charge in [0.05, 0.1) is 24.7 Å². The Balaban J connectivity index is 1.75. The van der Waals surface area contributed by atoms with Gasteiger partial charge in [0.15, 0.2) is 9.84 Å². The zero-order valence-electron chi connectivity index (χ0n) is 11.9. The second kappa shape index (κ2) is 6.97. The molecule has 1 saturated carbocycles. The van der Waals surface area contributed by atoms with Gasteiger partial charge in [0, 0.05) is 6.07 Å². The number of hydrogen-bond acceptors (Lipinski definition) is 4. The first-order valence-electron chi connectivity index (χ1n) is 7.10. The smallest absolute Gasteiger partial charge is 0.153 e. The van der Waals surface area contributed by atoms with E-state index in [2.05, 4.69) is 0 Å². The SMILES string of the molecule is COc1cccc(OCCCS(=O)(=O)C2CCCC2)c1. The van der Waals surface area contributed by atoms with Crippen LogP contribution in [0.2, 0.25) is 0 Å². The molecular weight excluding hydrogens is 276 g/mol. The molecule has 1 aromatic rings. The molecule has 0 radical (unpaired) electrons. The quantitative estimate of drug-likeness (QED) is 0.726. The van der Waals surface area contributed by atoms with E-state index in [-0.39, 0.29) is 11.0 Å². The number of benzene rings is 1. The van der Waals surface area contributed by atoms with Gasteiger partial charge >= 0.3 is 0 Å². The van der Waals surface area contributed by atoms with Gasteiger partial charge in [-0.05, 0) is 31.4 Å². The van der Waals surface area contributed by atoms with Crippen molar-refractivity contribution in [3.63, 3.8) is 0 Å². The molecular formula is C15H22O4S. The molecule has 1 aliphatic carbocycles. The fourth-order valence-corrected chi connectivity index (χ4v) is 4.46. The lowest BCUT2D eigenvalue weighted by molar-refractivity contribution is 0.314. The summed E-state index contributed by atoms with van der Waals surface area (Å²) in [6, 6.07) is 7.33. The summed E-state index contributed by atoms with van der Waals surface area (Å²) >= 11 is 0. The first kappa shape index (κ1) is 15.2. The second-order valence-electron chi connectivity index (χ2n) is 5.15. The molecule has 0 aliphatic heterocycles. The Morgan fingerprint density at radius 3 is 2.60 bits per heavy atom. The normalized spacial score (nSPS) is 16.2. The van der Waals surface area contributed by atoms with Crippen LogP contribution in [0.3, 0.4) is 0 Å². The first-order chi connectivity index (χ1) is 9.62. The third kappa shape index (κ3) is 4.13. The molecule has 1 fully saturated rings. The number of sulfone groups is 1. The molecule has 1 aliphatic rings. The van der Waals surface area contributed by atoms with Crippen molar-refractivity contribution in [2.75, 3.05) is 19.5 Å². The standard InChI is InChI=1S/C15H22O4S/c1-18-13-6-4-7-14(12-13)19-10-5-11-20(16,17)15-8-2-3-9-15/h4,6-7,12,15H,2-3,5,8-11H2,1H3. The molecule has 0 unspecified atom stereocenters. The minimum absolute atomic E-state index is 0.112. The third-order valence-electron chi connectivity index (χ3n) is 3.69. The monoisotopic (exact) mass is 298 g/mol. The van der Waals surface area contributed by atoms with E-state index in [4.69, 9.17) is 9.47 Å². The largest absolute Gasteiger partial charge is 0.497 e. The van der Waals surface area contributed by atoms with Gasteiger partial charge in [0.1, 0.15) is 11.5 Å². The Morgan fingerprint density at radius 1 is 1.20 bits per heavy atom. The van der Waals surface area contributed by atoms with Crippen LogP contribution in [0.1, 0.15) is 32.1 Å². The predicted octanol–water partition coefficient (Wildman–Crippen LogP) is 2.82. The van der Waals surface area contributed by atoms with Gasteiger partial charge in [-0.2, -0.15) is 0 Å². The predicted molar refractivity (Wildman–Crippen MR) is 79.1 cm³/mol. The fourth-order valence-electron chi connectivity index (χ4n) is 2.56. The van der Waals surface area contributed by atoms with Crippen LogP contribution in [0, 0.1) is 0 Å². The van der Waals surface area contributed by atoms with Gasteiger partial charge in [-0.15, -0.1) is 0 Å². The molecule has 0 aromatic heterocycles. The van der Waals surface area contributed by atoms with Crippen molar-refractivity contribution < 1.29 is 17.9 Å². The zero-order chi connectivity index (χ0) is 14.4. The Bertz CT molecular complexity index is 518. The zero-order valence-corrected chi connectivity index (χ0v) is 12.7.